The molecular weight excluding hydrogens is 446 g/mol. The molecule has 34 heavy (non-hydrogen) atoms. The van der Waals surface area contributed by atoms with Crippen LogP contribution >= 0.6 is 0 Å². The summed E-state index contributed by atoms with van der Waals surface area (Å²) in [6.45, 7) is 9.48. The summed E-state index contributed by atoms with van der Waals surface area (Å²) in [7, 11) is 0. The lowest BCUT2D eigenvalue weighted by atomic mass is 10.2. The molecular formula is C23H27N3O8. The maximum atomic E-state index is 12.3. The van der Waals surface area contributed by atoms with E-state index >= 15 is 0 Å². The van der Waals surface area contributed by atoms with E-state index in [1.807, 2.05) is 0 Å². The molecule has 11 nitrogen and oxygen atoms in total. The number of carbonyl (C=O) groups excluding carboxylic acids is 2. The number of nitrogens with one attached hydrogen (secondary N) is 1. The molecule has 182 valence electrons. The van der Waals surface area contributed by atoms with Crippen molar-refractivity contribution < 1.29 is 38.4 Å². The second-order valence-corrected chi connectivity index (χ2v) is 6.80. The molecule has 2 atom stereocenters. The van der Waals surface area contributed by atoms with Crippen LogP contribution in [0.3, 0.4) is 0 Å². The predicted molar refractivity (Wildman–Crippen MR) is 121 cm³/mol. The standard InChI is InChI=1S/C23H27N3O8/c1-15(2)21(27)32-13-20(14-33-22(28)16(3)4)34-23(29)26-12-17-9-18(30-7-5-24)11-19(10-17)31-8-6-25/h9-11,20-21,27H,1,3,12-14,24-25H2,2,4H3,(H,26,29). The fourth-order valence-electron chi connectivity index (χ4n) is 2.14. The number of hydrogen-bond acceptors (Lipinski definition) is 10. The molecule has 0 saturated heterocycles. The van der Waals surface area contributed by atoms with Crippen LogP contribution in [0.15, 0.2) is 42.5 Å². The molecule has 11 heteroatoms. The molecule has 0 heterocycles. The van der Waals surface area contributed by atoms with Gasteiger partial charge in [0.25, 0.3) is 0 Å². The Kier molecular flexibility index (Phi) is 12.0. The summed E-state index contributed by atoms with van der Waals surface area (Å²) in [5, 5.41) is 12.3. The summed E-state index contributed by atoms with van der Waals surface area (Å²) in [6, 6.07) is 8.84. The highest BCUT2D eigenvalue weighted by atomic mass is 16.6. The highest BCUT2D eigenvalue weighted by Gasteiger charge is 2.20. The molecule has 1 amide bonds. The van der Waals surface area contributed by atoms with Gasteiger partial charge in [0.15, 0.2) is 12.4 Å². The lowest BCUT2D eigenvalue weighted by Crippen LogP contribution is -2.35. The molecule has 0 aliphatic heterocycles. The van der Waals surface area contributed by atoms with Gasteiger partial charge in [0.05, 0.1) is 6.61 Å². The van der Waals surface area contributed by atoms with E-state index in [2.05, 4.69) is 42.8 Å². The quantitative estimate of drug-likeness (QED) is 0.0853. The number of alkyl carbamates (subject to hydrolysis) is 1. The number of ether oxygens (including phenoxy) is 5. The highest BCUT2D eigenvalue weighted by molar-refractivity contribution is 5.86. The predicted octanol–water partition coefficient (Wildman–Crippen LogP) is 0.824. The van der Waals surface area contributed by atoms with Crippen LogP contribution in [0.25, 0.3) is 0 Å². The Morgan fingerprint density at radius 1 is 1.06 bits per heavy atom. The molecule has 0 saturated carbocycles. The lowest BCUT2D eigenvalue weighted by Gasteiger charge is -2.20. The highest BCUT2D eigenvalue weighted by Crippen LogP contribution is 2.23. The fourth-order valence-corrected chi connectivity index (χ4v) is 2.14. The normalized spacial score (nSPS) is 11.3. The van der Waals surface area contributed by atoms with Gasteiger partial charge in [-0.05, 0) is 37.1 Å². The van der Waals surface area contributed by atoms with Crippen molar-refractivity contribution >= 4 is 12.1 Å². The Morgan fingerprint density at radius 3 is 2.15 bits per heavy atom. The smallest absolute Gasteiger partial charge is 0.407 e. The molecule has 0 fully saturated rings. The summed E-state index contributed by atoms with van der Waals surface area (Å²) in [5.41, 5.74) is 11.3. The Balaban J connectivity index is 2.82. The number of aliphatic hydroxyl groups is 1. The summed E-state index contributed by atoms with van der Waals surface area (Å²) in [4.78, 5) is 24.0. The second-order valence-electron chi connectivity index (χ2n) is 6.80. The van der Waals surface area contributed by atoms with Gasteiger partial charge in [0.2, 0.25) is 0 Å². The third kappa shape index (κ3) is 10.8. The van der Waals surface area contributed by atoms with Gasteiger partial charge in [0, 0.05) is 30.3 Å². The summed E-state index contributed by atoms with van der Waals surface area (Å²) in [5.74, 6) is -0.0997. The first-order chi connectivity index (χ1) is 16.2. The van der Waals surface area contributed by atoms with E-state index in [0.717, 1.165) is 0 Å². The first-order valence-electron chi connectivity index (χ1n) is 9.77. The molecule has 0 aliphatic rings. The SMILES string of the molecule is C=C(C)C(=O)OCC(COC(O)C(=C)C)OC(=O)NCc1cc(OC#CN)cc(OC#CN)c1. The van der Waals surface area contributed by atoms with Gasteiger partial charge in [-0.2, -0.15) is 0 Å². The Hall–Kier alpha value is -4.32. The molecule has 6 N–H and O–H groups in total. The van der Waals surface area contributed by atoms with Gasteiger partial charge < -0.3 is 45.6 Å². The maximum Gasteiger partial charge on any atom is 0.407 e. The van der Waals surface area contributed by atoms with Crippen LogP contribution in [0.4, 0.5) is 4.79 Å². The molecule has 2 unspecified atom stereocenters. The van der Waals surface area contributed by atoms with Crippen molar-refractivity contribution in [1.29, 1.82) is 0 Å². The lowest BCUT2D eigenvalue weighted by molar-refractivity contribution is -0.146. The van der Waals surface area contributed by atoms with Crippen molar-refractivity contribution in [3.8, 4) is 35.8 Å². The first kappa shape index (κ1) is 27.7. The van der Waals surface area contributed by atoms with Gasteiger partial charge in [-0.25, -0.2) is 9.59 Å². The molecule has 0 bridgehead atoms. The van der Waals surface area contributed by atoms with Gasteiger partial charge in [0.1, 0.15) is 30.3 Å². The van der Waals surface area contributed by atoms with Crippen LogP contribution < -0.4 is 26.3 Å². The third-order valence-corrected chi connectivity index (χ3v) is 3.72. The van der Waals surface area contributed by atoms with Crippen molar-refractivity contribution in [2.24, 2.45) is 11.5 Å². The van der Waals surface area contributed by atoms with Crippen molar-refractivity contribution in [3.05, 3.63) is 48.1 Å². The fraction of sp³-hybridized carbons (Fsp3) is 0.304. The number of nitrogens with two attached hydrogens (primary N) is 2. The van der Waals surface area contributed by atoms with E-state index in [1.165, 1.54) is 13.0 Å². The Bertz CT molecular complexity index is 976. The summed E-state index contributed by atoms with van der Waals surface area (Å²) >= 11 is 0. The zero-order valence-corrected chi connectivity index (χ0v) is 18.9. The Labute approximate surface area is 197 Å². The number of aliphatic hydroxyl groups excluding tert-OH is 1. The average molecular weight is 473 g/mol. The molecule has 0 radical (unpaired) electrons. The molecule has 1 aromatic carbocycles. The van der Waals surface area contributed by atoms with Crippen LogP contribution in [-0.4, -0.2) is 42.8 Å². The van der Waals surface area contributed by atoms with Gasteiger partial charge in [-0.3, -0.25) is 0 Å². The zero-order chi connectivity index (χ0) is 25.5. The molecule has 0 spiro atoms. The summed E-state index contributed by atoms with van der Waals surface area (Å²) in [6.07, 6.45) is 1.33. The maximum absolute atomic E-state index is 12.3. The van der Waals surface area contributed by atoms with E-state index in [4.69, 9.17) is 35.2 Å². The van der Waals surface area contributed by atoms with E-state index in [9.17, 15) is 14.7 Å². The number of hydrogen-bond donors (Lipinski definition) is 4. The van der Waals surface area contributed by atoms with Crippen LogP contribution in [0.1, 0.15) is 19.4 Å². The van der Waals surface area contributed by atoms with Crippen molar-refractivity contribution in [3.63, 3.8) is 0 Å². The monoisotopic (exact) mass is 473 g/mol. The number of amides is 1. The minimum absolute atomic E-state index is 0.00791. The van der Waals surface area contributed by atoms with E-state index in [1.54, 1.807) is 19.1 Å². The third-order valence-electron chi connectivity index (χ3n) is 3.72. The van der Waals surface area contributed by atoms with Crippen molar-refractivity contribution in [2.45, 2.75) is 32.8 Å². The first-order valence-corrected chi connectivity index (χ1v) is 9.77. The molecule has 1 aromatic rings. The number of carbonyl (C=O) groups is 2. The number of esters is 1. The van der Waals surface area contributed by atoms with Crippen LogP contribution in [0.5, 0.6) is 11.5 Å². The molecule has 1 rings (SSSR count). The average Bonchev–Trinajstić information content (AvgIpc) is 2.80. The van der Waals surface area contributed by atoms with E-state index in [0.29, 0.717) is 11.1 Å². The van der Waals surface area contributed by atoms with Crippen LogP contribution in [-0.2, 0) is 25.5 Å². The number of benzene rings is 1. The minimum atomic E-state index is -1.28. The van der Waals surface area contributed by atoms with E-state index < -0.39 is 24.5 Å². The van der Waals surface area contributed by atoms with Gasteiger partial charge in [-0.1, -0.05) is 13.2 Å². The Morgan fingerprint density at radius 2 is 1.65 bits per heavy atom. The van der Waals surface area contributed by atoms with Crippen LogP contribution in [0, 0.1) is 24.3 Å². The minimum Gasteiger partial charge on any atom is -0.458 e. The second kappa shape index (κ2) is 14.7. The van der Waals surface area contributed by atoms with Crippen molar-refractivity contribution in [1.82, 2.24) is 5.32 Å². The summed E-state index contributed by atoms with van der Waals surface area (Å²) < 4.78 is 25.8. The topological polar surface area (TPSA) is 165 Å². The molecule has 0 aliphatic carbocycles. The van der Waals surface area contributed by atoms with Gasteiger partial charge in [-0.15, -0.1) is 0 Å². The molecule has 0 aromatic heterocycles. The van der Waals surface area contributed by atoms with Crippen molar-refractivity contribution in [2.75, 3.05) is 13.2 Å². The van der Waals surface area contributed by atoms with E-state index in [-0.39, 0.29) is 36.8 Å². The largest absolute Gasteiger partial charge is 0.458 e. The zero-order valence-electron chi connectivity index (χ0n) is 18.9. The van der Waals surface area contributed by atoms with Crippen LogP contribution in [0.2, 0.25) is 0 Å². The number of rotatable bonds is 12. The van der Waals surface area contributed by atoms with Gasteiger partial charge >= 0.3 is 12.1 Å².